The number of anilines is 1. The molecule has 0 saturated carbocycles. The summed E-state index contributed by atoms with van der Waals surface area (Å²) >= 11 is 0. The summed E-state index contributed by atoms with van der Waals surface area (Å²) in [5.41, 5.74) is 4.56. The Balaban J connectivity index is 1.45. The molecule has 178 valence electrons. The second-order valence-electron chi connectivity index (χ2n) is 9.08. The van der Waals surface area contributed by atoms with Gasteiger partial charge in [0.15, 0.2) is 5.65 Å². The van der Waals surface area contributed by atoms with Gasteiger partial charge in [0.1, 0.15) is 5.82 Å². The summed E-state index contributed by atoms with van der Waals surface area (Å²) in [4.78, 5) is 37.7. The van der Waals surface area contributed by atoms with E-state index in [1.807, 2.05) is 69.4 Å². The number of benzene rings is 1. The predicted octanol–water partition coefficient (Wildman–Crippen LogP) is 4.14. The molecule has 1 aromatic carbocycles. The number of amides is 2. The van der Waals surface area contributed by atoms with Crippen LogP contribution in [-0.2, 0) is 11.8 Å². The number of fused-ring (bicyclic) bond motifs is 1. The standard InChI is InChI=1S/C27H28N6O2/c1-17-9-7-13-28-24(17)30-26(34)20-12-8-14-33(16-20)27(35)21-15-22(19-10-5-4-6-11-19)29-25-23(21)18(2)31-32(25)3/h4-7,9-11,13,15,20H,8,12,14,16H2,1-3H3,(H,28,30,34). The van der Waals surface area contributed by atoms with Crippen molar-refractivity contribution in [3.05, 3.63) is 71.5 Å². The van der Waals surface area contributed by atoms with Gasteiger partial charge < -0.3 is 10.2 Å². The normalized spacial score (nSPS) is 15.9. The van der Waals surface area contributed by atoms with Crippen molar-refractivity contribution in [1.82, 2.24) is 24.6 Å². The molecule has 0 bridgehead atoms. The molecule has 8 nitrogen and oxygen atoms in total. The van der Waals surface area contributed by atoms with Crippen LogP contribution in [-0.4, -0.2) is 49.6 Å². The molecule has 4 aromatic rings. The van der Waals surface area contributed by atoms with E-state index in [0.717, 1.165) is 40.7 Å². The van der Waals surface area contributed by atoms with Crippen molar-refractivity contribution in [3.8, 4) is 11.3 Å². The zero-order valence-corrected chi connectivity index (χ0v) is 20.2. The number of aryl methyl sites for hydroxylation is 3. The number of piperidine rings is 1. The summed E-state index contributed by atoms with van der Waals surface area (Å²) in [7, 11) is 1.84. The highest BCUT2D eigenvalue weighted by atomic mass is 16.2. The van der Waals surface area contributed by atoms with Crippen LogP contribution in [0.15, 0.2) is 54.7 Å². The van der Waals surface area contributed by atoms with Crippen molar-refractivity contribution in [2.24, 2.45) is 13.0 Å². The van der Waals surface area contributed by atoms with E-state index in [-0.39, 0.29) is 17.7 Å². The Morgan fingerprint density at radius 2 is 1.89 bits per heavy atom. The molecular formula is C27H28N6O2. The number of hydrogen-bond acceptors (Lipinski definition) is 5. The van der Waals surface area contributed by atoms with E-state index in [0.29, 0.717) is 30.1 Å². The van der Waals surface area contributed by atoms with Gasteiger partial charge in [-0.2, -0.15) is 5.10 Å². The molecule has 1 unspecified atom stereocenters. The molecule has 2 amide bonds. The number of nitrogens with zero attached hydrogens (tertiary/aromatic N) is 5. The molecular weight excluding hydrogens is 440 g/mol. The molecule has 1 atom stereocenters. The second kappa shape index (κ2) is 9.29. The lowest BCUT2D eigenvalue weighted by atomic mass is 9.95. The van der Waals surface area contributed by atoms with Crippen LogP contribution in [0.1, 0.15) is 34.5 Å². The fraction of sp³-hybridized carbons (Fsp3) is 0.296. The number of pyridine rings is 2. The highest BCUT2D eigenvalue weighted by molar-refractivity contribution is 6.07. The van der Waals surface area contributed by atoms with Gasteiger partial charge in [-0.25, -0.2) is 9.97 Å². The van der Waals surface area contributed by atoms with Crippen molar-refractivity contribution in [2.45, 2.75) is 26.7 Å². The minimum absolute atomic E-state index is 0.0998. The summed E-state index contributed by atoms with van der Waals surface area (Å²) in [6, 6.07) is 15.4. The third-order valence-corrected chi connectivity index (χ3v) is 6.60. The van der Waals surface area contributed by atoms with Crippen LogP contribution in [0, 0.1) is 19.8 Å². The number of carbonyl (C=O) groups is 2. The lowest BCUT2D eigenvalue weighted by Crippen LogP contribution is -2.44. The van der Waals surface area contributed by atoms with Gasteiger partial charge >= 0.3 is 0 Å². The van der Waals surface area contributed by atoms with E-state index >= 15 is 0 Å². The average Bonchev–Trinajstić information content (AvgIpc) is 3.18. The molecule has 1 saturated heterocycles. The Morgan fingerprint density at radius 1 is 1.09 bits per heavy atom. The largest absolute Gasteiger partial charge is 0.338 e. The maximum Gasteiger partial charge on any atom is 0.254 e. The summed E-state index contributed by atoms with van der Waals surface area (Å²) in [5.74, 6) is 0.0641. The van der Waals surface area contributed by atoms with Gasteiger partial charge in [-0.05, 0) is 44.4 Å². The quantitative estimate of drug-likeness (QED) is 0.486. The lowest BCUT2D eigenvalue weighted by molar-refractivity contribution is -0.121. The summed E-state index contributed by atoms with van der Waals surface area (Å²) < 4.78 is 1.72. The van der Waals surface area contributed by atoms with Crippen molar-refractivity contribution in [3.63, 3.8) is 0 Å². The van der Waals surface area contributed by atoms with E-state index in [9.17, 15) is 9.59 Å². The lowest BCUT2D eigenvalue weighted by Gasteiger charge is -2.32. The summed E-state index contributed by atoms with van der Waals surface area (Å²) in [6.45, 7) is 4.77. The van der Waals surface area contributed by atoms with Gasteiger partial charge in [0, 0.05) is 31.9 Å². The molecule has 5 rings (SSSR count). The minimum Gasteiger partial charge on any atom is -0.338 e. The van der Waals surface area contributed by atoms with E-state index in [1.54, 1.807) is 15.8 Å². The molecule has 35 heavy (non-hydrogen) atoms. The molecule has 4 heterocycles. The number of rotatable bonds is 4. The molecule has 8 heteroatoms. The molecule has 1 aliphatic rings. The smallest absolute Gasteiger partial charge is 0.254 e. The van der Waals surface area contributed by atoms with E-state index < -0.39 is 0 Å². The van der Waals surface area contributed by atoms with Crippen molar-refractivity contribution in [2.75, 3.05) is 18.4 Å². The SMILES string of the molecule is Cc1cccnc1NC(=O)C1CCCN(C(=O)c2cc(-c3ccccc3)nc3c2c(C)nn3C)C1. The van der Waals surface area contributed by atoms with Crippen LogP contribution in [0.4, 0.5) is 5.82 Å². The minimum atomic E-state index is -0.296. The number of nitrogens with one attached hydrogen (secondary N) is 1. The van der Waals surface area contributed by atoms with Gasteiger partial charge in [0.05, 0.1) is 28.3 Å². The number of likely N-dealkylation sites (tertiary alicyclic amines) is 1. The van der Waals surface area contributed by atoms with Crippen molar-refractivity contribution in [1.29, 1.82) is 0 Å². The van der Waals surface area contributed by atoms with Crippen LogP contribution >= 0.6 is 0 Å². The number of carbonyl (C=O) groups excluding carboxylic acids is 2. The van der Waals surface area contributed by atoms with Gasteiger partial charge in [-0.1, -0.05) is 36.4 Å². The van der Waals surface area contributed by atoms with Gasteiger partial charge in [-0.15, -0.1) is 0 Å². The van der Waals surface area contributed by atoms with Crippen LogP contribution in [0.5, 0.6) is 0 Å². The van der Waals surface area contributed by atoms with E-state index in [2.05, 4.69) is 15.4 Å². The summed E-state index contributed by atoms with van der Waals surface area (Å²) in [6.07, 6.45) is 3.15. The Labute approximate surface area is 204 Å². The molecule has 3 aromatic heterocycles. The average molecular weight is 469 g/mol. The first-order chi connectivity index (χ1) is 16.9. The monoisotopic (exact) mass is 468 g/mol. The third-order valence-electron chi connectivity index (χ3n) is 6.60. The van der Waals surface area contributed by atoms with Crippen LogP contribution in [0.3, 0.4) is 0 Å². The molecule has 1 N–H and O–H groups in total. The Bertz CT molecular complexity index is 1410. The molecule has 0 spiro atoms. The van der Waals surface area contributed by atoms with E-state index in [1.165, 1.54) is 0 Å². The maximum absolute atomic E-state index is 13.9. The first-order valence-electron chi connectivity index (χ1n) is 11.8. The second-order valence-corrected chi connectivity index (χ2v) is 9.08. The zero-order chi connectivity index (χ0) is 24.5. The van der Waals surface area contributed by atoms with Gasteiger partial charge in [-0.3, -0.25) is 14.3 Å². The fourth-order valence-corrected chi connectivity index (χ4v) is 4.75. The van der Waals surface area contributed by atoms with Gasteiger partial charge in [0.25, 0.3) is 5.91 Å². The van der Waals surface area contributed by atoms with E-state index in [4.69, 9.17) is 4.98 Å². The molecule has 0 radical (unpaired) electrons. The topological polar surface area (TPSA) is 93.0 Å². The van der Waals surface area contributed by atoms with Crippen LogP contribution in [0.2, 0.25) is 0 Å². The van der Waals surface area contributed by atoms with Crippen molar-refractivity contribution >= 4 is 28.7 Å². The first-order valence-corrected chi connectivity index (χ1v) is 11.8. The van der Waals surface area contributed by atoms with Gasteiger partial charge in [0.2, 0.25) is 5.91 Å². The molecule has 0 aliphatic carbocycles. The third kappa shape index (κ3) is 4.39. The summed E-state index contributed by atoms with van der Waals surface area (Å²) in [5, 5.41) is 8.22. The first kappa shape index (κ1) is 22.7. The maximum atomic E-state index is 13.9. The Kier molecular flexibility index (Phi) is 6.03. The Hall–Kier alpha value is -4.07. The van der Waals surface area contributed by atoms with Crippen molar-refractivity contribution < 1.29 is 9.59 Å². The number of hydrogen-bond donors (Lipinski definition) is 1. The fourth-order valence-electron chi connectivity index (χ4n) is 4.75. The van der Waals surface area contributed by atoms with Crippen LogP contribution < -0.4 is 5.32 Å². The molecule has 1 aliphatic heterocycles. The number of aromatic nitrogens is 4. The predicted molar refractivity (Wildman–Crippen MR) is 135 cm³/mol. The Morgan fingerprint density at radius 3 is 2.66 bits per heavy atom. The van der Waals surface area contributed by atoms with Crippen LogP contribution in [0.25, 0.3) is 22.3 Å². The highest BCUT2D eigenvalue weighted by Gasteiger charge is 2.31. The zero-order valence-electron chi connectivity index (χ0n) is 20.2. The molecule has 1 fully saturated rings. The highest BCUT2D eigenvalue weighted by Crippen LogP contribution is 2.29.